The van der Waals surface area contributed by atoms with Crippen LogP contribution in [0.15, 0.2) is 28.7 Å². The largest absolute Gasteiger partial charge is 0.316 e. The van der Waals surface area contributed by atoms with Crippen molar-refractivity contribution in [3.8, 4) is 0 Å². The summed E-state index contributed by atoms with van der Waals surface area (Å²) in [4.78, 5) is 1.06. The molecule has 6 nitrogen and oxygen atoms in total. The lowest BCUT2D eigenvalue weighted by Gasteiger charge is -2.21. The number of nitrogens with zero attached hydrogens (tertiary/aromatic N) is 2. The van der Waals surface area contributed by atoms with E-state index in [1.54, 1.807) is 28.9 Å². The van der Waals surface area contributed by atoms with E-state index in [0.29, 0.717) is 18.7 Å². The third kappa shape index (κ3) is 3.03. The summed E-state index contributed by atoms with van der Waals surface area (Å²) in [6.45, 7) is 0.908. The fourth-order valence-corrected chi connectivity index (χ4v) is 4.84. The zero-order valence-electron chi connectivity index (χ0n) is 11.7. The second kappa shape index (κ2) is 5.88. The predicted molar refractivity (Wildman–Crippen MR) is 81.4 cm³/mol. The predicted octanol–water partition coefficient (Wildman–Crippen LogP) is 1.54. The summed E-state index contributed by atoms with van der Waals surface area (Å²) in [5.74, 6) is 0. The van der Waals surface area contributed by atoms with Crippen molar-refractivity contribution in [2.24, 2.45) is 0 Å². The molecule has 1 saturated carbocycles. The maximum Gasteiger partial charge on any atom is 0.260 e. The first-order valence-electron chi connectivity index (χ1n) is 6.84. The Morgan fingerprint density at radius 3 is 2.95 bits per heavy atom. The molecule has 1 aliphatic rings. The first kappa shape index (κ1) is 14.7. The average molecular weight is 326 g/mol. The van der Waals surface area contributed by atoms with Crippen molar-refractivity contribution in [1.82, 2.24) is 19.8 Å². The molecular weight excluding hydrogens is 308 g/mol. The van der Waals surface area contributed by atoms with Gasteiger partial charge in [0.05, 0.1) is 6.20 Å². The molecule has 8 heteroatoms. The van der Waals surface area contributed by atoms with E-state index in [0.717, 1.165) is 17.7 Å². The molecule has 2 heterocycles. The number of aromatic amines is 1. The molecule has 0 amide bonds. The van der Waals surface area contributed by atoms with Crippen LogP contribution in [0, 0.1) is 0 Å². The number of hydrogen-bond acceptors (Lipinski definition) is 5. The summed E-state index contributed by atoms with van der Waals surface area (Å²) in [6, 6.07) is 4.03. The topological polar surface area (TPSA) is 78.1 Å². The van der Waals surface area contributed by atoms with Crippen molar-refractivity contribution >= 4 is 21.4 Å². The van der Waals surface area contributed by atoms with E-state index in [1.807, 2.05) is 17.5 Å². The van der Waals surface area contributed by atoms with E-state index in [9.17, 15) is 8.42 Å². The van der Waals surface area contributed by atoms with Crippen LogP contribution in [0.2, 0.25) is 0 Å². The minimum Gasteiger partial charge on any atom is -0.316 e. The first-order chi connectivity index (χ1) is 10.1. The van der Waals surface area contributed by atoms with Crippen molar-refractivity contribution < 1.29 is 8.42 Å². The SMILES string of the molecule is CNCc1cn[nH]c1S(=O)(=O)N(Cc1cccs1)C1CC1. The standard InChI is InChI=1S/C13H18N4O2S2/c1-14-7-10-8-15-16-13(10)21(18,19)17(11-4-5-11)9-12-3-2-6-20-12/h2-3,6,8,11,14H,4-5,7,9H2,1H3,(H,15,16). The highest BCUT2D eigenvalue weighted by molar-refractivity contribution is 7.89. The summed E-state index contributed by atoms with van der Waals surface area (Å²) < 4.78 is 27.5. The number of sulfonamides is 1. The quantitative estimate of drug-likeness (QED) is 0.809. The van der Waals surface area contributed by atoms with Crippen LogP contribution < -0.4 is 5.32 Å². The third-order valence-corrected chi connectivity index (χ3v) is 6.23. The van der Waals surface area contributed by atoms with Gasteiger partial charge in [-0.1, -0.05) is 6.07 Å². The summed E-state index contributed by atoms with van der Waals surface area (Å²) in [5.41, 5.74) is 0.675. The Labute approximate surface area is 128 Å². The number of aromatic nitrogens is 2. The second-order valence-corrected chi connectivity index (χ2v) is 7.98. The lowest BCUT2D eigenvalue weighted by Crippen LogP contribution is -2.33. The van der Waals surface area contributed by atoms with E-state index in [-0.39, 0.29) is 11.1 Å². The third-order valence-electron chi connectivity index (χ3n) is 3.46. The van der Waals surface area contributed by atoms with Crippen molar-refractivity contribution in [3.63, 3.8) is 0 Å². The molecule has 0 unspecified atom stereocenters. The highest BCUT2D eigenvalue weighted by Crippen LogP contribution is 2.34. The van der Waals surface area contributed by atoms with E-state index in [2.05, 4.69) is 15.5 Å². The van der Waals surface area contributed by atoms with Crippen LogP contribution in [-0.2, 0) is 23.1 Å². The van der Waals surface area contributed by atoms with Gasteiger partial charge in [0.15, 0.2) is 5.03 Å². The van der Waals surface area contributed by atoms with Gasteiger partial charge in [-0.25, -0.2) is 8.42 Å². The van der Waals surface area contributed by atoms with Crippen LogP contribution in [0.3, 0.4) is 0 Å². The van der Waals surface area contributed by atoms with Gasteiger partial charge < -0.3 is 5.32 Å². The molecule has 0 radical (unpaired) electrons. The molecule has 0 bridgehead atoms. The molecule has 0 atom stereocenters. The Bertz CT molecular complexity index is 690. The van der Waals surface area contributed by atoms with Crippen molar-refractivity contribution in [3.05, 3.63) is 34.2 Å². The highest BCUT2D eigenvalue weighted by Gasteiger charge is 2.39. The molecule has 1 aliphatic carbocycles. The van der Waals surface area contributed by atoms with E-state index in [4.69, 9.17) is 0 Å². The van der Waals surface area contributed by atoms with Crippen LogP contribution in [-0.4, -0.2) is 36.0 Å². The van der Waals surface area contributed by atoms with E-state index < -0.39 is 10.0 Å². The minimum atomic E-state index is -3.54. The van der Waals surface area contributed by atoms with Gasteiger partial charge in [0.25, 0.3) is 10.0 Å². The van der Waals surface area contributed by atoms with Gasteiger partial charge in [0.2, 0.25) is 0 Å². The average Bonchev–Trinajstić information content (AvgIpc) is 2.96. The van der Waals surface area contributed by atoms with Gasteiger partial charge >= 0.3 is 0 Å². The summed E-state index contributed by atoms with van der Waals surface area (Å²) >= 11 is 1.58. The summed E-state index contributed by atoms with van der Waals surface area (Å²) in [6.07, 6.45) is 3.43. The maximum absolute atomic E-state index is 12.9. The lowest BCUT2D eigenvalue weighted by molar-refractivity contribution is 0.399. The number of rotatable bonds is 7. The number of thiophene rings is 1. The lowest BCUT2D eigenvalue weighted by atomic mass is 10.4. The van der Waals surface area contributed by atoms with E-state index >= 15 is 0 Å². The van der Waals surface area contributed by atoms with Gasteiger partial charge in [-0.05, 0) is 31.3 Å². The van der Waals surface area contributed by atoms with Crippen molar-refractivity contribution in [2.45, 2.75) is 37.0 Å². The Kier molecular flexibility index (Phi) is 4.12. The van der Waals surface area contributed by atoms with Gasteiger partial charge in [-0.2, -0.15) is 9.40 Å². The Morgan fingerprint density at radius 1 is 1.52 bits per heavy atom. The molecule has 2 N–H and O–H groups in total. The van der Waals surface area contributed by atoms with Gasteiger partial charge in [0, 0.05) is 29.6 Å². The first-order valence-corrected chi connectivity index (χ1v) is 9.16. The molecule has 0 aromatic carbocycles. The molecular formula is C13H18N4O2S2. The van der Waals surface area contributed by atoms with Gasteiger partial charge in [-0.3, -0.25) is 5.10 Å². The zero-order valence-corrected chi connectivity index (χ0v) is 13.4. The molecule has 1 fully saturated rings. The summed E-state index contributed by atoms with van der Waals surface area (Å²) in [5, 5.41) is 11.7. The molecule has 0 aliphatic heterocycles. The molecule has 0 spiro atoms. The summed E-state index contributed by atoms with van der Waals surface area (Å²) in [7, 11) is -1.76. The van der Waals surface area contributed by atoms with Crippen LogP contribution in [0.4, 0.5) is 0 Å². The maximum atomic E-state index is 12.9. The fourth-order valence-electron chi connectivity index (χ4n) is 2.29. The Balaban J connectivity index is 1.91. The fraction of sp³-hybridized carbons (Fsp3) is 0.462. The zero-order chi connectivity index (χ0) is 14.9. The smallest absolute Gasteiger partial charge is 0.260 e. The van der Waals surface area contributed by atoms with Crippen LogP contribution in [0.25, 0.3) is 0 Å². The molecule has 0 saturated heterocycles. The molecule has 21 heavy (non-hydrogen) atoms. The number of nitrogens with one attached hydrogen (secondary N) is 2. The molecule has 2 aromatic rings. The van der Waals surface area contributed by atoms with Crippen LogP contribution >= 0.6 is 11.3 Å². The second-order valence-electron chi connectivity index (χ2n) is 5.12. The molecule has 3 rings (SSSR count). The number of H-pyrrole nitrogens is 1. The molecule has 114 valence electrons. The van der Waals surface area contributed by atoms with Crippen molar-refractivity contribution in [1.29, 1.82) is 0 Å². The van der Waals surface area contributed by atoms with Gasteiger partial charge in [-0.15, -0.1) is 11.3 Å². The Morgan fingerprint density at radius 2 is 2.33 bits per heavy atom. The number of hydrogen-bond donors (Lipinski definition) is 2. The van der Waals surface area contributed by atoms with Crippen LogP contribution in [0.5, 0.6) is 0 Å². The Hall–Kier alpha value is -1.22. The van der Waals surface area contributed by atoms with Crippen molar-refractivity contribution in [2.75, 3.05) is 7.05 Å². The van der Waals surface area contributed by atoms with Crippen LogP contribution in [0.1, 0.15) is 23.3 Å². The highest BCUT2D eigenvalue weighted by atomic mass is 32.2. The van der Waals surface area contributed by atoms with E-state index in [1.165, 1.54) is 0 Å². The monoisotopic (exact) mass is 326 g/mol. The normalized spacial score (nSPS) is 15.7. The minimum absolute atomic E-state index is 0.114. The molecule has 2 aromatic heterocycles. The van der Waals surface area contributed by atoms with Gasteiger partial charge in [0.1, 0.15) is 0 Å².